The van der Waals surface area contributed by atoms with Gasteiger partial charge in [0.25, 0.3) is 0 Å². The van der Waals surface area contributed by atoms with Crippen LogP contribution in [0.1, 0.15) is 0 Å². The van der Waals surface area contributed by atoms with E-state index in [2.05, 4.69) is 20.9 Å². The van der Waals surface area contributed by atoms with Crippen LogP contribution in [-0.2, 0) is 0 Å². The largest absolute Gasteiger partial charge is 0.457 e. The summed E-state index contributed by atoms with van der Waals surface area (Å²) in [5, 5.41) is 2.02. The van der Waals surface area contributed by atoms with Crippen molar-refractivity contribution >= 4 is 27.3 Å². The molecule has 3 aromatic rings. The van der Waals surface area contributed by atoms with Crippen molar-refractivity contribution in [3.8, 4) is 22.8 Å². The molecule has 0 aliphatic heterocycles. The fourth-order valence-electron chi connectivity index (χ4n) is 1.73. The monoisotopic (exact) mass is 331 g/mol. The van der Waals surface area contributed by atoms with Crippen LogP contribution >= 0.6 is 27.3 Å². The maximum atomic E-state index is 5.81. The zero-order valence-electron chi connectivity index (χ0n) is 9.92. The van der Waals surface area contributed by atoms with Gasteiger partial charge in [0.15, 0.2) is 3.92 Å². The molecule has 2 nitrogen and oxygen atoms in total. The molecule has 0 unspecified atom stereocenters. The van der Waals surface area contributed by atoms with Crippen molar-refractivity contribution in [3.63, 3.8) is 0 Å². The number of hydrogen-bond acceptors (Lipinski definition) is 3. The highest BCUT2D eigenvalue weighted by Crippen LogP contribution is 2.29. The van der Waals surface area contributed by atoms with E-state index in [1.165, 1.54) is 0 Å². The van der Waals surface area contributed by atoms with E-state index in [-0.39, 0.29) is 0 Å². The number of thiazole rings is 1. The Hall–Kier alpha value is -1.65. The van der Waals surface area contributed by atoms with Gasteiger partial charge in [0.05, 0.1) is 5.69 Å². The van der Waals surface area contributed by atoms with Crippen molar-refractivity contribution in [1.82, 2.24) is 4.98 Å². The van der Waals surface area contributed by atoms with E-state index >= 15 is 0 Å². The summed E-state index contributed by atoms with van der Waals surface area (Å²) in [7, 11) is 0. The number of para-hydroxylation sites is 1. The van der Waals surface area contributed by atoms with Crippen molar-refractivity contribution in [1.29, 1.82) is 0 Å². The molecule has 0 atom stereocenters. The smallest absolute Gasteiger partial charge is 0.159 e. The van der Waals surface area contributed by atoms with Crippen molar-refractivity contribution in [3.05, 3.63) is 63.9 Å². The summed E-state index contributed by atoms with van der Waals surface area (Å²) in [6.07, 6.45) is 0. The first-order chi connectivity index (χ1) is 9.31. The van der Waals surface area contributed by atoms with Gasteiger partial charge in [-0.15, -0.1) is 11.3 Å². The molecule has 0 aliphatic carbocycles. The van der Waals surface area contributed by atoms with Gasteiger partial charge in [0.1, 0.15) is 11.5 Å². The van der Waals surface area contributed by atoms with Crippen molar-refractivity contribution in [2.75, 3.05) is 0 Å². The third-order valence-corrected chi connectivity index (χ3v) is 3.95. The Balaban J connectivity index is 1.88. The lowest BCUT2D eigenvalue weighted by Gasteiger charge is -2.06. The van der Waals surface area contributed by atoms with E-state index < -0.39 is 0 Å². The van der Waals surface area contributed by atoms with Gasteiger partial charge in [0.2, 0.25) is 0 Å². The van der Waals surface area contributed by atoms with E-state index in [0.717, 1.165) is 26.7 Å². The highest BCUT2D eigenvalue weighted by molar-refractivity contribution is 9.11. The number of rotatable bonds is 3. The van der Waals surface area contributed by atoms with Crippen LogP contribution in [0.15, 0.2) is 63.9 Å². The Kier molecular flexibility index (Phi) is 3.62. The average Bonchev–Trinajstić information content (AvgIpc) is 2.87. The predicted molar refractivity (Wildman–Crippen MR) is 81.8 cm³/mol. The molecule has 0 aliphatic rings. The van der Waals surface area contributed by atoms with Gasteiger partial charge >= 0.3 is 0 Å². The standard InChI is InChI=1S/C15H10BrNOS/c16-15-17-14(10-19-15)11-5-4-8-13(9-11)18-12-6-2-1-3-7-12/h1-10H. The molecule has 4 heteroatoms. The quantitative estimate of drug-likeness (QED) is 0.644. The van der Waals surface area contributed by atoms with Gasteiger partial charge in [-0.3, -0.25) is 0 Å². The Morgan fingerprint density at radius 3 is 2.47 bits per heavy atom. The molecule has 0 saturated carbocycles. The molecule has 1 aromatic heterocycles. The van der Waals surface area contributed by atoms with Crippen LogP contribution in [-0.4, -0.2) is 4.98 Å². The molecule has 0 saturated heterocycles. The van der Waals surface area contributed by atoms with Gasteiger partial charge in [-0.25, -0.2) is 4.98 Å². The third kappa shape index (κ3) is 3.03. The Labute approximate surface area is 123 Å². The highest BCUT2D eigenvalue weighted by Gasteiger charge is 2.04. The molecule has 19 heavy (non-hydrogen) atoms. The first-order valence-corrected chi connectivity index (χ1v) is 7.43. The summed E-state index contributed by atoms with van der Waals surface area (Å²) in [4.78, 5) is 4.41. The lowest BCUT2D eigenvalue weighted by atomic mass is 10.2. The molecule has 0 spiro atoms. The molecule has 0 N–H and O–H groups in total. The van der Waals surface area contributed by atoms with E-state index in [0.29, 0.717) is 0 Å². The average molecular weight is 332 g/mol. The van der Waals surface area contributed by atoms with E-state index in [1.807, 2.05) is 60.0 Å². The second-order valence-electron chi connectivity index (χ2n) is 3.93. The van der Waals surface area contributed by atoms with E-state index in [9.17, 15) is 0 Å². The number of benzene rings is 2. The molecule has 0 radical (unpaired) electrons. The minimum atomic E-state index is 0.813. The third-order valence-electron chi connectivity index (χ3n) is 2.58. The normalized spacial score (nSPS) is 10.4. The second kappa shape index (κ2) is 5.55. The fraction of sp³-hybridized carbons (Fsp3) is 0. The maximum Gasteiger partial charge on any atom is 0.159 e. The summed E-state index contributed by atoms with van der Waals surface area (Å²) in [5.74, 6) is 1.65. The van der Waals surface area contributed by atoms with E-state index in [1.54, 1.807) is 11.3 Å². The van der Waals surface area contributed by atoms with Crippen LogP contribution < -0.4 is 4.74 Å². The fourth-order valence-corrected chi connectivity index (χ4v) is 2.75. The SMILES string of the molecule is Brc1nc(-c2cccc(Oc3ccccc3)c2)cs1. The predicted octanol–water partition coefficient (Wildman–Crippen LogP) is 5.36. The van der Waals surface area contributed by atoms with Gasteiger partial charge in [0, 0.05) is 10.9 Å². The van der Waals surface area contributed by atoms with Crippen molar-refractivity contribution in [2.24, 2.45) is 0 Å². The molecule has 94 valence electrons. The minimum absolute atomic E-state index is 0.813. The molecule has 3 rings (SSSR count). The summed E-state index contributed by atoms with van der Waals surface area (Å²) < 4.78 is 6.70. The first-order valence-electron chi connectivity index (χ1n) is 5.75. The topological polar surface area (TPSA) is 22.1 Å². The molecular formula is C15H10BrNOS. The van der Waals surface area contributed by atoms with Crippen LogP contribution in [0.4, 0.5) is 0 Å². The summed E-state index contributed by atoms with van der Waals surface area (Å²) in [5.41, 5.74) is 2.01. The molecule has 2 aromatic carbocycles. The van der Waals surface area contributed by atoms with Crippen LogP contribution in [0.2, 0.25) is 0 Å². The Morgan fingerprint density at radius 2 is 1.74 bits per heavy atom. The summed E-state index contributed by atoms with van der Waals surface area (Å²) in [6.45, 7) is 0. The van der Waals surface area contributed by atoms with Gasteiger partial charge in [-0.2, -0.15) is 0 Å². The number of ether oxygens (including phenoxy) is 1. The summed E-state index contributed by atoms with van der Waals surface area (Å²) >= 11 is 4.95. The van der Waals surface area contributed by atoms with Crippen LogP contribution in [0.25, 0.3) is 11.3 Å². The number of nitrogens with zero attached hydrogens (tertiary/aromatic N) is 1. The van der Waals surface area contributed by atoms with E-state index in [4.69, 9.17) is 4.74 Å². The van der Waals surface area contributed by atoms with Gasteiger partial charge < -0.3 is 4.74 Å². The summed E-state index contributed by atoms with van der Waals surface area (Å²) in [6, 6.07) is 17.7. The second-order valence-corrected chi connectivity index (χ2v) is 6.06. The molecular weight excluding hydrogens is 322 g/mol. The Bertz CT molecular complexity index is 681. The molecule has 0 amide bonds. The number of halogens is 1. The minimum Gasteiger partial charge on any atom is -0.457 e. The van der Waals surface area contributed by atoms with Crippen LogP contribution in [0.5, 0.6) is 11.5 Å². The molecule has 1 heterocycles. The maximum absolute atomic E-state index is 5.81. The zero-order chi connectivity index (χ0) is 13.1. The van der Waals surface area contributed by atoms with Crippen LogP contribution in [0.3, 0.4) is 0 Å². The lowest BCUT2D eigenvalue weighted by Crippen LogP contribution is -1.84. The lowest BCUT2D eigenvalue weighted by molar-refractivity contribution is 0.483. The van der Waals surface area contributed by atoms with Crippen molar-refractivity contribution in [2.45, 2.75) is 0 Å². The van der Waals surface area contributed by atoms with Crippen LogP contribution in [0, 0.1) is 0 Å². The molecule has 0 bridgehead atoms. The zero-order valence-corrected chi connectivity index (χ0v) is 12.3. The van der Waals surface area contributed by atoms with Gasteiger partial charge in [-0.05, 0) is 40.2 Å². The first kappa shape index (κ1) is 12.4. The highest BCUT2D eigenvalue weighted by atomic mass is 79.9. The number of hydrogen-bond donors (Lipinski definition) is 0. The van der Waals surface area contributed by atoms with Crippen molar-refractivity contribution < 1.29 is 4.74 Å². The van der Waals surface area contributed by atoms with Gasteiger partial charge in [-0.1, -0.05) is 30.3 Å². The Morgan fingerprint density at radius 1 is 0.947 bits per heavy atom. The molecule has 0 fully saturated rings. The number of aromatic nitrogens is 1.